The van der Waals surface area contributed by atoms with Crippen molar-refractivity contribution in [1.82, 2.24) is 4.90 Å². The predicted molar refractivity (Wildman–Crippen MR) is 111 cm³/mol. The molecule has 28 heavy (non-hydrogen) atoms. The summed E-state index contributed by atoms with van der Waals surface area (Å²) < 4.78 is 0. The minimum absolute atomic E-state index is 0.102. The number of quaternary nitrogens is 1. The molecule has 3 rings (SSSR count). The highest BCUT2D eigenvalue weighted by Crippen LogP contribution is 2.40. The van der Waals surface area contributed by atoms with E-state index in [2.05, 4.69) is 13.8 Å². The zero-order valence-electron chi connectivity index (χ0n) is 16.6. The third-order valence-electron chi connectivity index (χ3n) is 5.38. The van der Waals surface area contributed by atoms with Crippen molar-refractivity contribution < 1.29 is 19.6 Å². The molecule has 0 bridgehead atoms. The van der Waals surface area contributed by atoms with Crippen LogP contribution in [0.1, 0.15) is 35.9 Å². The number of aliphatic hydroxyl groups is 1. The van der Waals surface area contributed by atoms with Crippen molar-refractivity contribution in [2.75, 3.05) is 26.2 Å². The lowest BCUT2D eigenvalue weighted by Crippen LogP contribution is -3.12. The van der Waals surface area contributed by atoms with Gasteiger partial charge in [0.15, 0.2) is 0 Å². The molecule has 1 aliphatic rings. The van der Waals surface area contributed by atoms with E-state index in [9.17, 15) is 14.7 Å². The van der Waals surface area contributed by atoms with Gasteiger partial charge in [-0.15, -0.1) is 11.3 Å². The van der Waals surface area contributed by atoms with Crippen molar-refractivity contribution in [3.05, 3.63) is 63.4 Å². The van der Waals surface area contributed by atoms with E-state index in [1.165, 1.54) is 16.2 Å². The summed E-state index contributed by atoms with van der Waals surface area (Å²) in [5, 5.41) is 12.9. The van der Waals surface area contributed by atoms with Gasteiger partial charge in [0.1, 0.15) is 5.76 Å². The van der Waals surface area contributed by atoms with Gasteiger partial charge < -0.3 is 14.9 Å². The molecule has 0 unspecified atom stereocenters. The summed E-state index contributed by atoms with van der Waals surface area (Å²) in [5.74, 6) is -1.24. The lowest BCUT2D eigenvalue weighted by molar-refractivity contribution is -0.895. The smallest absolute Gasteiger partial charge is 0.295 e. The van der Waals surface area contributed by atoms with Gasteiger partial charge in [0.05, 0.1) is 37.8 Å². The van der Waals surface area contributed by atoms with E-state index in [4.69, 9.17) is 0 Å². The zero-order chi connectivity index (χ0) is 20.3. The first-order chi connectivity index (χ1) is 13.5. The fourth-order valence-corrected chi connectivity index (χ4v) is 4.45. The van der Waals surface area contributed by atoms with Gasteiger partial charge in [-0.3, -0.25) is 9.59 Å². The molecular weight excluding hydrogens is 372 g/mol. The Morgan fingerprint density at radius 3 is 2.39 bits per heavy atom. The van der Waals surface area contributed by atoms with Crippen LogP contribution in [-0.4, -0.2) is 47.9 Å². The lowest BCUT2D eigenvalue weighted by Gasteiger charge is -2.25. The Labute approximate surface area is 169 Å². The number of aliphatic hydroxyl groups excluding tert-OH is 1. The maximum atomic E-state index is 12.9. The minimum Gasteiger partial charge on any atom is -0.507 e. The Balaban J connectivity index is 2.03. The quantitative estimate of drug-likeness (QED) is 0.427. The van der Waals surface area contributed by atoms with Crippen LogP contribution < -0.4 is 4.90 Å². The van der Waals surface area contributed by atoms with Gasteiger partial charge >= 0.3 is 0 Å². The maximum Gasteiger partial charge on any atom is 0.295 e. The van der Waals surface area contributed by atoms with Gasteiger partial charge in [-0.1, -0.05) is 35.9 Å². The number of hydrogen-bond donors (Lipinski definition) is 2. The molecule has 0 saturated carbocycles. The lowest BCUT2D eigenvalue weighted by atomic mass is 9.99. The Morgan fingerprint density at radius 1 is 1.14 bits per heavy atom. The molecule has 2 heterocycles. The number of amides is 1. The molecule has 1 aromatic heterocycles. The van der Waals surface area contributed by atoms with E-state index in [1.807, 2.05) is 36.6 Å². The number of carbonyl (C=O) groups excluding carboxylic acids is 2. The van der Waals surface area contributed by atoms with Crippen molar-refractivity contribution in [2.45, 2.75) is 26.8 Å². The highest BCUT2D eigenvalue weighted by atomic mass is 32.1. The summed E-state index contributed by atoms with van der Waals surface area (Å²) in [4.78, 5) is 29.6. The minimum atomic E-state index is -0.606. The number of carbonyl (C=O) groups is 2. The molecule has 1 aliphatic heterocycles. The number of benzene rings is 1. The van der Waals surface area contributed by atoms with Crippen LogP contribution in [-0.2, 0) is 9.59 Å². The molecule has 1 saturated heterocycles. The fourth-order valence-electron chi connectivity index (χ4n) is 3.60. The molecule has 0 spiro atoms. The SMILES string of the molecule is CC[NH+](CC)CCN1C(=O)C(=O)C(=C(O)c2ccc(C)cc2)[C@@H]1c1cccs1. The van der Waals surface area contributed by atoms with Crippen molar-refractivity contribution in [1.29, 1.82) is 0 Å². The van der Waals surface area contributed by atoms with Gasteiger partial charge in [-0.05, 0) is 32.2 Å². The predicted octanol–water partition coefficient (Wildman–Crippen LogP) is 2.40. The zero-order valence-corrected chi connectivity index (χ0v) is 17.4. The molecule has 2 aromatic rings. The van der Waals surface area contributed by atoms with Crippen LogP contribution >= 0.6 is 11.3 Å². The largest absolute Gasteiger partial charge is 0.507 e. The Bertz CT molecular complexity index is 868. The van der Waals surface area contributed by atoms with Gasteiger partial charge in [0.25, 0.3) is 11.7 Å². The van der Waals surface area contributed by atoms with Crippen molar-refractivity contribution in [2.24, 2.45) is 0 Å². The summed E-state index contributed by atoms with van der Waals surface area (Å²) >= 11 is 1.49. The van der Waals surface area contributed by atoms with Crippen LogP contribution in [0.25, 0.3) is 5.76 Å². The molecule has 1 aromatic carbocycles. The standard InChI is InChI=1S/C22H26N2O3S/c1-4-23(5-2)12-13-24-19(17-7-6-14-28-17)18(21(26)22(24)27)20(25)16-10-8-15(3)9-11-16/h6-11,14,19,25H,4-5,12-13H2,1-3H3/p+1/t19-/m0/s1. The second kappa shape index (κ2) is 8.71. The third-order valence-corrected chi connectivity index (χ3v) is 6.31. The molecule has 6 heteroatoms. The molecule has 1 fully saturated rings. The third kappa shape index (κ3) is 3.88. The normalized spacial score (nSPS) is 19.0. The Kier molecular flexibility index (Phi) is 6.31. The average molecular weight is 400 g/mol. The molecule has 0 radical (unpaired) electrons. The van der Waals surface area contributed by atoms with Gasteiger partial charge in [0.2, 0.25) is 0 Å². The number of thiophene rings is 1. The first kappa shape index (κ1) is 20.3. The molecule has 1 amide bonds. The molecule has 1 atom stereocenters. The van der Waals surface area contributed by atoms with Crippen molar-refractivity contribution >= 4 is 28.8 Å². The average Bonchev–Trinajstić information content (AvgIpc) is 3.31. The number of nitrogens with zero attached hydrogens (tertiary/aromatic N) is 1. The van der Waals surface area contributed by atoms with E-state index in [0.717, 1.165) is 30.1 Å². The molecule has 2 N–H and O–H groups in total. The van der Waals surface area contributed by atoms with Crippen LogP contribution in [0.3, 0.4) is 0 Å². The first-order valence-electron chi connectivity index (χ1n) is 9.70. The molecule has 0 aliphatic carbocycles. The Hall–Kier alpha value is -2.44. The van der Waals surface area contributed by atoms with E-state index >= 15 is 0 Å². The van der Waals surface area contributed by atoms with E-state index in [1.54, 1.807) is 17.0 Å². The summed E-state index contributed by atoms with van der Waals surface area (Å²) in [7, 11) is 0. The van der Waals surface area contributed by atoms with Crippen LogP contribution in [0.2, 0.25) is 0 Å². The second-order valence-corrected chi connectivity index (χ2v) is 8.06. The first-order valence-corrected chi connectivity index (χ1v) is 10.6. The van der Waals surface area contributed by atoms with Crippen LogP contribution in [0.15, 0.2) is 47.4 Å². The number of hydrogen-bond acceptors (Lipinski definition) is 4. The number of rotatable bonds is 7. The van der Waals surface area contributed by atoms with E-state index in [-0.39, 0.29) is 11.3 Å². The molecular formula is C22H27N2O3S+. The topological polar surface area (TPSA) is 62.0 Å². The highest BCUT2D eigenvalue weighted by molar-refractivity contribution is 7.10. The second-order valence-electron chi connectivity index (χ2n) is 7.08. The monoisotopic (exact) mass is 399 g/mol. The van der Waals surface area contributed by atoms with Crippen LogP contribution in [0.5, 0.6) is 0 Å². The maximum absolute atomic E-state index is 12.9. The van der Waals surface area contributed by atoms with Gasteiger partial charge in [-0.25, -0.2) is 0 Å². The highest BCUT2D eigenvalue weighted by Gasteiger charge is 2.46. The van der Waals surface area contributed by atoms with E-state index < -0.39 is 17.7 Å². The summed E-state index contributed by atoms with van der Waals surface area (Å²) in [6.45, 7) is 9.37. The van der Waals surface area contributed by atoms with Crippen LogP contribution in [0.4, 0.5) is 0 Å². The van der Waals surface area contributed by atoms with Gasteiger partial charge in [0, 0.05) is 10.4 Å². The Morgan fingerprint density at radius 2 is 1.82 bits per heavy atom. The number of likely N-dealkylation sites (N-methyl/N-ethyl adjacent to an activating group) is 1. The van der Waals surface area contributed by atoms with Gasteiger partial charge in [-0.2, -0.15) is 0 Å². The number of ketones is 1. The van der Waals surface area contributed by atoms with Crippen LogP contribution in [0, 0.1) is 6.92 Å². The number of Topliss-reactive ketones (excluding diaryl/α,β-unsaturated/α-hetero) is 1. The van der Waals surface area contributed by atoms with Crippen molar-refractivity contribution in [3.63, 3.8) is 0 Å². The summed E-state index contributed by atoms with van der Waals surface area (Å²) in [5.41, 5.74) is 1.80. The summed E-state index contributed by atoms with van der Waals surface area (Å²) in [6, 6.07) is 10.6. The number of aryl methyl sites for hydroxylation is 1. The number of nitrogens with one attached hydrogen (secondary N) is 1. The van der Waals surface area contributed by atoms with Crippen molar-refractivity contribution in [3.8, 4) is 0 Å². The fraction of sp³-hybridized carbons (Fsp3) is 0.364. The number of likely N-dealkylation sites (tertiary alicyclic amines) is 1. The molecule has 5 nitrogen and oxygen atoms in total. The summed E-state index contributed by atoms with van der Waals surface area (Å²) in [6.07, 6.45) is 0. The van der Waals surface area contributed by atoms with E-state index in [0.29, 0.717) is 12.1 Å². The molecule has 148 valence electrons.